The highest BCUT2D eigenvalue weighted by Crippen LogP contribution is 2.27. The molecule has 18 heavy (non-hydrogen) atoms. The minimum atomic E-state index is -0.102. The van der Waals surface area contributed by atoms with E-state index in [-0.39, 0.29) is 18.1 Å². The van der Waals surface area contributed by atoms with Crippen LogP contribution >= 0.6 is 0 Å². The lowest BCUT2D eigenvalue weighted by Crippen LogP contribution is -2.34. The fourth-order valence-corrected chi connectivity index (χ4v) is 1.88. The summed E-state index contributed by atoms with van der Waals surface area (Å²) in [4.78, 5) is 0. The fraction of sp³-hybridized carbons (Fsp3) is 0.600. The van der Waals surface area contributed by atoms with Gasteiger partial charge in [-0.2, -0.15) is 0 Å². The van der Waals surface area contributed by atoms with Crippen molar-refractivity contribution in [2.24, 2.45) is 5.41 Å². The molecule has 0 aromatic heterocycles. The molecule has 0 fully saturated rings. The smallest absolute Gasteiger partial charge is 0.123 e. The van der Waals surface area contributed by atoms with Gasteiger partial charge in [-0.05, 0) is 12.5 Å². The van der Waals surface area contributed by atoms with Gasteiger partial charge >= 0.3 is 0 Å². The molecule has 0 aliphatic carbocycles. The quantitative estimate of drug-likeness (QED) is 0.783. The second kappa shape index (κ2) is 6.76. The van der Waals surface area contributed by atoms with Crippen molar-refractivity contribution in [3.63, 3.8) is 0 Å². The van der Waals surface area contributed by atoms with Crippen molar-refractivity contribution >= 4 is 0 Å². The number of hydrogen-bond acceptors (Lipinski definition) is 3. The van der Waals surface area contributed by atoms with Crippen molar-refractivity contribution in [3.05, 3.63) is 29.8 Å². The minimum Gasteiger partial charge on any atom is -0.496 e. The molecule has 1 rings (SSSR count). The zero-order valence-corrected chi connectivity index (χ0v) is 11.9. The molecule has 0 bridgehead atoms. The number of para-hydroxylation sites is 1. The number of rotatable bonds is 7. The molecule has 0 amide bonds. The van der Waals surface area contributed by atoms with E-state index in [1.165, 1.54) is 5.56 Å². The first-order valence-corrected chi connectivity index (χ1v) is 6.51. The summed E-state index contributed by atoms with van der Waals surface area (Å²) in [6.07, 6.45) is 0.988. The highest BCUT2D eigenvalue weighted by atomic mass is 16.5. The largest absolute Gasteiger partial charge is 0.496 e. The molecule has 3 nitrogen and oxygen atoms in total. The van der Waals surface area contributed by atoms with Gasteiger partial charge in [0.05, 0.1) is 7.11 Å². The van der Waals surface area contributed by atoms with Gasteiger partial charge in [0.15, 0.2) is 0 Å². The first-order chi connectivity index (χ1) is 8.54. The number of hydrogen-bond donors (Lipinski definition) is 2. The Morgan fingerprint density at radius 1 is 1.33 bits per heavy atom. The zero-order valence-electron chi connectivity index (χ0n) is 11.9. The van der Waals surface area contributed by atoms with Crippen molar-refractivity contribution in [2.45, 2.75) is 33.2 Å². The van der Waals surface area contributed by atoms with E-state index < -0.39 is 0 Å². The van der Waals surface area contributed by atoms with Crippen molar-refractivity contribution in [3.8, 4) is 5.75 Å². The molecule has 1 unspecified atom stereocenters. The Kier molecular flexibility index (Phi) is 5.63. The predicted octanol–water partition coefficient (Wildman–Crippen LogP) is 2.75. The van der Waals surface area contributed by atoms with Crippen LogP contribution in [0.4, 0.5) is 0 Å². The normalized spacial score (nSPS) is 13.4. The van der Waals surface area contributed by atoms with Gasteiger partial charge < -0.3 is 15.2 Å². The Hall–Kier alpha value is -1.06. The second-order valence-electron chi connectivity index (χ2n) is 5.41. The molecule has 0 spiro atoms. The monoisotopic (exact) mass is 251 g/mol. The Bertz CT molecular complexity index is 363. The molecule has 2 N–H and O–H groups in total. The van der Waals surface area contributed by atoms with Gasteiger partial charge in [0.1, 0.15) is 5.75 Å². The number of aliphatic hydroxyl groups excluding tert-OH is 1. The molecule has 3 heteroatoms. The molecule has 1 atom stereocenters. The number of benzene rings is 1. The summed E-state index contributed by atoms with van der Waals surface area (Å²) in [5.74, 6) is 0.915. The van der Waals surface area contributed by atoms with Gasteiger partial charge in [-0.3, -0.25) is 0 Å². The van der Waals surface area contributed by atoms with E-state index in [9.17, 15) is 5.11 Å². The third-order valence-corrected chi connectivity index (χ3v) is 3.18. The molecule has 0 saturated heterocycles. The molecule has 0 saturated carbocycles. The van der Waals surface area contributed by atoms with Crippen LogP contribution in [-0.2, 0) is 0 Å². The lowest BCUT2D eigenvalue weighted by atomic mass is 9.93. The summed E-state index contributed by atoms with van der Waals surface area (Å²) in [5.41, 5.74) is 1.08. The summed E-state index contributed by atoms with van der Waals surface area (Å²) >= 11 is 0. The van der Waals surface area contributed by atoms with Gasteiger partial charge in [0.2, 0.25) is 0 Å². The molecule has 0 aliphatic heterocycles. The van der Waals surface area contributed by atoms with Crippen LogP contribution in [0.3, 0.4) is 0 Å². The Morgan fingerprint density at radius 2 is 2.00 bits per heavy atom. The van der Waals surface area contributed by atoms with Crippen molar-refractivity contribution in [2.75, 3.05) is 20.3 Å². The standard InChI is InChI=1S/C15H25NO2/c1-5-13(16-10-15(2,3)11-17)12-8-6-7-9-14(12)18-4/h6-9,13,16-17H,5,10-11H2,1-4H3. The van der Waals surface area contributed by atoms with Crippen LogP contribution < -0.4 is 10.1 Å². The maximum atomic E-state index is 9.29. The van der Waals surface area contributed by atoms with E-state index in [1.54, 1.807) is 7.11 Å². The van der Waals surface area contributed by atoms with Crippen molar-refractivity contribution < 1.29 is 9.84 Å². The van der Waals surface area contributed by atoms with Crippen molar-refractivity contribution in [1.82, 2.24) is 5.32 Å². The highest BCUT2D eigenvalue weighted by Gasteiger charge is 2.20. The Labute approximate surface area is 110 Å². The first kappa shape index (κ1) is 15.0. The topological polar surface area (TPSA) is 41.5 Å². The molecular weight excluding hydrogens is 226 g/mol. The molecule has 0 radical (unpaired) electrons. The lowest BCUT2D eigenvalue weighted by molar-refractivity contribution is 0.152. The third-order valence-electron chi connectivity index (χ3n) is 3.18. The van der Waals surface area contributed by atoms with E-state index >= 15 is 0 Å². The third kappa shape index (κ3) is 4.00. The Balaban J connectivity index is 2.77. The summed E-state index contributed by atoms with van der Waals surface area (Å²) < 4.78 is 5.40. The van der Waals surface area contributed by atoms with Crippen LogP contribution in [0.5, 0.6) is 5.75 Å². The van der Waals surface area contributed by atoms with E-state index in [1.807, 2.05) is 18.2 Å². The van der Waals surface area contributed by atoms with E-state index in [2.05, 4.69) is 32.2 Å². The summed E-state index contributed by atoms with van der Waals surface area (Å²) in [5, 5.41) is 12.8. The van der Waals surface area contributed by atoms with E-state index in [4.69, 9.17) is 4.74 Å². The van der Waals surface area contributed by atoms with Crippen LogP contribution in [-0.4, -0.2) is 25.4 Å². The minimum absolute atomic E-state index is 0.102. The van der Waals surface area contributed by atoms with Crippen LogP contribution in [0.25, 0.3) is 0 Å². The van der Waals surface area contributed by atoms with Crippen molar-refractivity contribution in [1.29, 1.82) is 0 Å². The van der Waals surface area contributed by atoms with E-state index in [0.717, 1.165) is 18.7 Å². The van der Waals surface area contributed by atoms with Gasteiger partial charge in [0, 0.05) is 30.2 Å². The van der Waals surface area contributed by atoms with Gasteiger partial charge in [0.25, 0.3) is 0 Å². The van der Waals surface area contributed by atoms with Gasteiger partial charge in [-0.1, -0.05) is 39.0 Å². The zero-order chi connectivity index (χ0) is 13.6. The number of nitrogens with one attached hydrogen (secondary N) is 1. The summed E-state index contributed by atoms with van der Waals surface area (Å²) in [6.45, 7) is 7.21. The maximum Gasteiger partial charge on any atom is 0.123 e. The van der Waals surface area contributed by atoms with Crippen LogP contribution in [0, 0.1) is 5.41 Å². The fourth-order valence-electron chi connectivity index (χ4n) is 1.88. The molecule has 1 aromatic carbocycles. The summed E-state index contributed by atoms with van der Waals surface area (Å²) in [6, 6.07) is 8.33. The molecule has 0 heterocycles. The van der Waals surface area contributed by atoms with Gasteiger partial charge in [-0.25, -0.2) is 0 Å². The SMILES string of the molecule is CCC(NCC(C)(C)CO)c1ccccc1OC. The average molecular weight is 251 g/mol. The molecular formula is C15H25NO2. The lowest BCUT2D eigenvalue weighted by Gasteiger charge is -2.27. The van der Waals surface area contributed by atoms with Crippen LogP contribution in [0.1, 0.15) is 38.8 Å². The maximum absolute atomic E-state index is 9.29. The second-order valence-corrected chi connectivity index (χ2v) is 5.41. The first-order valence-electron chi connectivity index (χ1n) is 6.51. The van der Waals surface area contributed by atoms with Crippen LogP contribution in [0.2, 0.25) is 0 Å². The Morgan fingerprint density at radius 3 is 2.56 bits per heavy atom. The molecule has 0 aliphatic rings. The average Bonchev–Trinajstić information content (AvgIpc) is 2.40. The van der Waals surface area contributed by atoms with E-state index in [0.29, 0.717) is 0 Å². The number of methoxy groups -OCH3 is 1. The molecule has 1 aromatic rings. The number of aliphatic hydroxyl groups is 1. The van der Waals surface area contributed by atoms with Crippen LogP contribution in [0.15, 0.2) is 24.3 Å². The summed E-state index contributed by atoms with van der Waals surface area (Å²) in [7, 11) is 1.70. The van der Waals surface area contributed by atoms with Gasteiger partial charge in [-0.15, -0.1) is 0 Å². The molecule has 102 valence electrons. The number of ether oxygens (including phenoxy) is 1. The highest BCUT2D eigenvalue weighted by molar-refractivity contribution is 5.35. The predicted molar refractivity (Wildman–Crippen MR) is 74.9 cm³/mol.